The molecule has 18 nitrogen and oxygen atoms in total. The molecule has 0 atom stereocenters. The van der Waals surface area contributed by atoms with E-state index in [9.17, 15) is 45.5 Å². The Balaban J connectivity index is 0.000000229. The van der Waals surface area contributed by atoms with E-state index in [0.29, 0.717) is 25.0 Å². The van der Waals surface area contributed by atoms with E-state index >= 15 is 8.78 Å². The van der Waals surface area contributed by atoms with Crippen LogP contribution in [0.5, 0.6) is 11.8 Å². The number of alkyl halides is 6. The van der Waals surface area contributed by atoms with Crippen molar-refractivity contribution in [3.05, 3.63) is 106 Å². The molecule has 3 amide bonds. The number of anilines is 4. The van der Waals surface area contributed by atoms with Gasteiger partial charge in [0.25, 0.3) is 17.7 Å². The van der Waals surface area contributed by atoms with Gasteiger partial charge in [0.05, 0.1) is 56.5 Å². The minimum Gasteiger partial charge on any atom is -0.479 e. The average Bonchev–Trinajstić information content (AvgIpc) is 3.93. The first-order chi connectivity index (χ1) is 36.9. The molecule has 2 fully saturated rings. The zero-order chi connectivity index (χ0) is 58.4. The summed E-state index contributed by atoms with van der Waals surface area (Å²) in [7, 11) is 1.42. The molecule has 6 aromatic rings. The molecule has 2 aliphatic heterocycles. The normalized spacial score (nSPS) is 15.1. The molecular weight excluding hydrogens is 1090 g/mol. The minimum absolute atomic E-state index is 0.00526. The number of hydrogen-bond acceptors (Lipinski definition) is 14. The Kier molecular flexibility index (Phi) is 15.8. The number of ether oxygens (including phenoxy) is 2. The van der Waals surface area contributed by atoms with E-state index in [1.165, 1.54) is 74.9 Å². The highest BCUT2D eigenvalue weighted by Crippen LogP contribution is 2.44. The van der Waals surface area contributed by atoms with Crippen molar-refractivity contribution in [1.82, 2.24) is 25.3 Å². The highest BCUT2D eigenvalue weighted by atomic mass is 32.1. The van der Waals surface area contributed by atoms with Crippen LogP contribution in [0.15, 0.2) is 60.7 Å². The molecule has 8 rings (SSSR count). The van der Waals surface area contributed by atoms with E-state index in [0.717, 1.165) is 40.1 Å². The molecule has 79 heavy (non-hydrogen) atoms. The summed E-state index contributed by atoms with van der Waals surface area (Å²) in [6.07, 6.45) is -9.07. The van der Waals surface area contributed by atoms with Crippen molar-refractivity contribution >= 4 is 103 Å². The van der Waals surface area contributed by atoms with Crippen LogP contribution in [0, 0.1) is 34.3 Å². The topological polar surface area (TPSA) is 231 Å². The SMILES string of the molecule is CCc1nc(OCC(=O)NC)c2cc(N3C(=S)N(c4ccc(C#N)c(C(F)(F)F)c4)C(=O)C3(C)C)cc(F)c2n1.CCc1nc(OCC(=O)O)c2cc(N3C(=S)N(c4ccc(C#N)c(C(F)(F)F)c4)C(=O)C3(C)C)cc(F)c2n1. The molecule has 0 aliphatic carbocycles. The van der Waals surface area contributed by atoms with Crippen LogP contribution in [0.1, 0.15) is 75.4 Å². The second-order valence-electron chi connectivity index (χ2n) is 18.2. The summed E-state index contributed by atoms with van der Waals surface area (Å²) in [5.41, 5.74) is -7.22. The number of amides is 3. The average molecular weight is 1140 g/mol. The van der Waals surface area contributed by atoms with E-state index in [2.05, 4.69) is 25.3 Å². The monoisotopic (exact) mass is 1140 g/mol. The molecule has 0 saturated carbocycles. The largest absolute Gasteiger partial charge is 0.479 e. The van der Waals surface area contributed by atoms with Crippen molar-refractivity contribution < 1.29 is 68.9 Å². The number of aliphatic carboxylic acids is 1. The Morgan fingerprint density at radius 1 is 0.646 bits per heavy atom. The molecule has 2 aliphatic rings. The van der Waals surface area contributed by atoms with Crippen LogP contribution < -0.4 is 34.4 Å². The van der Waals surface area contributed by atoms with Gasteiger partial charge >= 0.3 is 18.3 Å². The van der Waals surface area contributed by atoms with Gasteiger partial charge in [-0.3, -0.25) is 24.2 Å². The summed E-state index contributed by atoms with van der Waals surface area (Å²) < 4.78 is 123. The third-order valence-corrected chi connectivity index (χ3v) is 13.0. The number of benzene rings is 4. The number of nitrogens with one attached hydrogen (secondary N) is 1. The van der Waals surface area contributed by atoms with Crippen LogP contribution in [0.25, 0.3) is 21.8 Å². The molecule has 0 bridgehead atoms. The molecule has 2 N–H and O–H groups in total. The Morgan fingerprint density at radius 3 is 1.35 bits per heavy atom. The number of nitrogens with zero attached hydrogens (tertiary/aromatic N) is 10. The highest BCUT2D eigenvalue weighted by molar-refractivity contribution is 7.81. The van der Waals surface area contributed by atoms with E-state index in [4.69, 9.17) is 49.5 Å². The van der Waals surface area contributed by atoms with Gasteiger partial charge in [-0.15, -0.1) is 0 Å². The number of hydrogen-bond donors (Lipinski definition) is 2. The maximum Gasteiger partial charge on any atom is 0.417 e. The first-order valence-corrected chi connectivity index (χ1v) is 24.0. The van der Waals surface area contributed by atoms with Crippen molar-refractivity contribution in [3.8, 4) is 23.9 Å². The quantitative estimate of drug-likeness (QED) is 0.0860. The van der Waals surface area contributed by atoms with Gasteiger partial charge in [-0.2, -0.15) is 46.8 Å². The fourth-order valence-electron chi connectivity index (χ4n) is 8.44. The Morgan fingerprint density at radius 2 is 1.03 bits per heavy atom. The number of likely N-dealkylation sites (N-methyl/N-ethyl adjacent to an activating group) is 1. The number of carboxylic acid groups (broad SMARTS) is 1. The fraction of sp³-hybridized carbons (Fsp3) is 0.294. The van der Waals surface area contributed by atoms with Gasteiger partial charge in [-0.1, -0.05) is 13.8 Å². The summed E-state index contributed by atoms with van der Waals surface area (Å²) in [6, 6.07) is 13.5. The number of aryl methyl sites for hydroxylation is 2. The summed E-state index contributed by atoms with van der Waals surface area (Å²) >= 11 is 11.0. The predicted octanol–water partition coefficient (Wildman–Crippen LogP) is 8.87. The van der Waals surface area contributed by atoms with Gasteiger partial charge in [0, 0.05) is 31.3 Å². The van der Waals surface area contributed by atoms with Crippen molar-refractivity contribution in [2.45, 2.75) is 77.8 Å². The zero-order valence-electron chi connectivity index (χ0n) is 42.3. The molecule has 2 aromatic heterocycles. The number of carboxylic acids is 1. The van der Waals surface area contributed by atoms with Crippen LogP contribution in [0.3, 0.4) is 0 Å². The maximum atomic E-state index is 15.5. The second-order valence-corrected chi connectivity index (χ2v) is 18.9. The number of rotatable bonds is 12. The van der Waals surface area contributed by atoms with Crippen molar-refractivity contribution in [3.63, 3.8) is 0 Å². The van der Waals surface area contributed by atoms with Crippen LogP contribution >= 0.6 is 24.4 Å². The number of nitriles is 2. The molecule has 4 aromatic carbocycles. The van der Waals surface area contributed by atoms with Crippen LogP contribution in [-0.2, 0) is 44.4 Å². The third kappa shape index (κ3) is 10.9. The first kappa shape index (κ1) is 57.9. The van der Waals surface area contributed by atoms with E-state index in [1.807, 2.05) is 0 Å². The molecule has 0 spiro atoms. The summed E-state index contributed by atoms with van der Waals surface area (Å²) in [5.74, 6) is -4.56. The molecule has 410 valence electrons. The lowest BCUT2D eigenvalue weighted by Crippen LogP contribution is -2.44. The minimum atomic E-state index is -4.87. The molecule has 0 unspecified atom stereocenters. The molecule has 28 heteroatoms. The molecule has 0 radical (unpaired) electrons. The third-order valence-electron chi connectivity index (χ3n) is 12.3. The molecular formula is C51H41F8N11O7S2. The highest BCUT2D eigenvalue weighted by Gasteiger charge is 2.52. The van der Waals surface area contributed by atoms with Crippen LogP contribution in [0.2, 0.25) is 0 Å². The summed E-state index contributed by atoms with van der Waals surface area (Å²) in [6.45, 7) is 8.18. The van der Waals surface area contributed by atoms with Crippen molar-refractivity contribution in [1.29, 1.82) is 10.5 Å². The number of fused-ring (bicyclic) bond motifs is 2. The Bertz CT molecular complexity index is 3660. The maximum absolute atomic E-state index is 15.5. The standard InChI is InChI=1S/C26H22F4N6O3S.C25H19F4N5O4S/c1-5-19-33-21-16(22(34-19)39-12-20(37)32-4)8-15(10-18(21)27)36-24(40)35(23(38)25(36,2)3)14-7-6-13(11-31)17(9-14)26(28,29)30;1-4-18-31-20-15(21(32-18)38-11-19(35)36)7-14(9-17(20)26)34-23(39)33(22(37)24(34,2)3)13-6-5-12(10-30)16(8-13)25(27,28)29/h6-10H,5,12H2,1-4H3,(H,32,37);5-9H,4,11H2,1-3H3,(H,35,36). The lowest BCUT2D eigenvalue weighted by atomic mass is 10.0. The number of carbonyl (C=O) groups excluding carboxylic acids is 3. The zero-order valence-corrected chi connectivity index (χ0v) is 43.9. The van der Waals surface area contributed by atoms with Gasteiger partial charge in [-0.05, 0) is 113 Å². The smallest absolute Gasteiger partial charge is 0.417 e. The van der Waals surface area contributed by atoms with Crippen molar-refractivity contribution in [2.24, 2.45) is 0 Å². The van der Waals surface area contributed by atoms with Gasteiger partial charge < -0.3 is 29.7 Å². The van der Waals surface area contributed by atoms with Crippen molar-refractivity contribution in [2.75, 3.05) is 39.9 Å². The van der Waals surface area contributed by atoms with Gasteiger partial charge in [-0.25, -0.2) is 23.5 Å². The fourth-order valence-corrected chi connectivity index (χ4v) is 9.48. The lowest BCUT2D eigenvalue weighted by molar-refractivity contribution is -0.139. The molecule has 2 saturated heterocycles. The Labute approximate surface area is 453 Å². The van der Waals surface area contributed by atoms with E-state index in [1.54, 1.807) is 13.8 Å². The van der Waals surface area contributed by atoms with Crippen LogP contribution in [0.4, 0.5) is 57.9 Å². The number of aromatic nitrogens is 4. The number of thiocarbonyl (C=S) groups is 2. The summed E-state index contributed by atoms with van der Waals surface area (Å²) in [4.78, 5) is 71.0. The van der Waals surface area contributed by atoms with E-state index in [-0.39, 0.29) is 78.2 Å². The lowest BCUT2D eigenvalue weighted by Gasteiger charge is -2.29. The first-order valence-electron chi connectivity index (χ1n) is 23.2. The van der Waals surface area contributed by atoms with Gasteiger partial charge in [0.2, 0.25) is 11.8 Å². The summed E-state index contributed by atoms with van der Waals surface area (Å²) in [5, 5.41) is 29.3. The van der Waals surface area contributed by atoms with E-state index < -0.39 is 94.2 Å². The van der Waals surface area contributed by atoms with Gasteiger partial charge in [0.15, 0.2) is 35.1 Å². The number of halogens is 8. The predicted molar refractivity (Wildman–Crippen MR) is 276 cm³/mol. The Hall–Kier alpha value is -8.76. The van der Waals surface area contributed by atoms with Crippen LogP contribution in [-0.4, -0.2) is 90.3 Å². The second kappa shape index (κ2) is 21.6. The molecule has 4 heterocycles. The van der Waals surface area contributed by atoms with Gasteiger partial charge in [0.1, 0.15) is 33.8 Å². The number of carbonyl (C=O) groups is 4.